The van der Waals surface area contributed by atoms with Gasteiger partial charge < -0.3 is 10.1 Å². The molecule has 32 heavy (non-hydrogen) atoms. The Balaban J connectivity index is 1.52. The third kappa shape index (κ3) is 4.12. The smallest absolute Gasteiger partial charge is 0.250 e. The molecule has 9 nitrogen and oxygen atoms in total. The van der Waals surface area contributed by atoms with Gasteiger partial charge in [0.1, 0.15) is 6.04 Å². The molecule has 1 saturated heterocycles. The number of nitrogens with one attached hydrogen (secondary N) is 1. The molecule has 2 aliphatic rings. The number of amides is 1. The zero-order valence-corrected chi connectivity index (χ0v) is 18.4. The molecule has 1 N–H and O–H groups in total. The number of aromatic nitrogens is 4. The van der Waals surface area contributed by atoms with Gasteiger partial charge in [-0.2, -0.15) is 5.10 Å². The zero-order chi connectivity index (χ0) is 22.1. The highest BCUT2D eigenvalue weighted by atomic mass is 32.2. The van der Waals surface area contributed by atoms with Gasteiger partial charge in [-0.05, 0) is 50.2 Å². The standard InChI is InChI=1S/C22H25N5O4S/c28-22(26-21-14-23-8-9-24-21)19(12-15-6-10-31-11-7-15)27-18-2-1-3-20(17(18)13-25-27)32(29,30)16-4-5-16/h1-3,8-9,13-16,19H,4-7,10-12H2,(H,24,26,28)/t19-/m1/s1. The zero-order valence-electron chi connectivity index (χ0n) is 17.6. The molecule has 2 aromatic heterocycles. The van der Waals surface area contributed by atoms with Crippen LogP contribution in [0.2, 0.25) is 0 Å². The molecule has 1 aromatic carbocycles. The number of fused-ring (bicyclic) bond motifs is 1. The second-order valence-corrected chi connectivity index (χ2v) is 10.6. The first-order valence-corrected chi connectivity index (χ1v) is 12.4. The predicted molar refractivity (Wildman–Crippen MR) is 118 cm³/mol. The highest BCUT2D eigenvalue weighted by Crippen LogP contribution is 2.37. The Morgan fingerprint density at radius 1 is 1.16 bits per heavy atom. The number of carbonyl (C=O) groups excluding carboxylic acids is 1. The minimum absolute atomic E-state index is 0.252. The molecule has 3 heterocycles. The van der Waals surface area contributed by atoms with Gasteiger partial charge in [-0.25, -0.2) is 13.4 Å². The number of benzene rings is 1. The van der Waals surface area contributed by atoms with E-state index in [1.807, 2.05) is 6.07 Å². The van der Waals surface area contributed by atoms with Crippen molar-refractivity contribution in [3.63, 3.8) is 0 Å². The monoisotopic (exact) mass is 455 g/mol. The molecule has 1 aliphatic carbocycles. The fourth-order valence-corrected chi connectivity index (χ4v) is 6.14. The Morgan fingerprint density at radius 3 is 2.69 bits per heavy atom. The summed E-state index contributed by atoms with van der Waals surface area (Å²) in [7, 11) is -3.39. The Kier molecular flexibility index (Phi) is 5.64. The van der Waals surface area contributed by atoms with Gasteiger partial charge in [-0.1, -0.05) is 6.07 Å². The van der Waals surface area contributed by atoms with Crippen molar-refractivity contribution in [3.05, 3.63) is 43.0 Å². The number of rotatable bonds is 7. The second-order valence-electron chi connectivity index (χ2n) is 8.41. The molecule has 1 saturated carbocycles. The van der Waals surface area contributed by atoms with Crippen LogP contribution in [0.25, 0.3) is 10.9 Å². The molecule has 0 bridgehead atoms. The molecular weight excluding hydrogens is 430 g/mol. The number of sulfone groups is 1. The Bertz CT molecular complexity index is 1220. The largest absolute Gasteiger partial charge is 0.381 e. The van der Waals surface area contributed by atoms with E-state index in [2.05, 4.69) is 20.4 Å². The van der Waals surface area contributed by atoms with Crippen LogP contribution in [0.5, 0.6) is 0 Å². The lowest BCUT2D eigenvalue weighted by molar-refractivity contribution is -0.120. The molecule has 5 rings (SSSR count). The van der Waals surface area contributed by atoms with Gasteiger partial charge in [0, 0.05) is 31.0 Å². The van der Waals surface area contributed by atoms with Crippen molar-refractivity contribution < 1.29 is 17.9 Å². The van der Waals surface area contributed by atoms with E-state index in [9.17, 15) is 13.2 Å². The topological polar surface area (TPSA) is 116 Å². The summed E-state index contributed by atoms with van der Waals surface area (Å²) >= 11 is 0. The first-order valence-electron chi connectivity index (χ1n) is 10.9. The van der Waals surface area contributed by atoms with Gasteiger partial charge in [0.25, 0.3) is 0 Å². The maximum atomic E-state index is 13.3. The molecule has 3 aromatic rings. The molecule has 1 aliphatic heterocycles. The van der Waals surface area contributed by atoms with Crippen molar-refractivity contribution in [2.24, 2.45) is 5.92 Å². The minimum atomic E-state index is -3.39. The van der Waals surface area contributed by atoms with Crippen molar-refractivity contribution in [1.29, 1.82) is 0 Å². The minimum Gasteiger partial charge on any atom is -0.381 e. The first-order chi connectivity index (χ1) is 15.5. The number of carbonyl (C=O) groups is 1. The Morgan fingerprint density at radius 2 is 1.97 bits per heavy atom. The van der Waals surface area contributed by atoms with Gasteiger partial charge in [0.05, 0.1) is 28.1 Å². The quantitative estimate of drug-likeness (QED) is 0.582. The van der Waals surface area contributed by atoms with Crippen molar-refractivity contribution in [2.75, 3.05) is 18.5 Å². The first kappa shape index (κ1) is 21.0. The van der Waals surface area contributed by atoms with Crippen LogP contribution in [0.15, 0.2) is 47.9 Å². The maximum Gasteiger partial charge on any atom is 0.250 e. The van der Waals surface area contributed by atoms with Gasteiger partial charge >= 0.3 is 0 Å². The maximum absolute atomic E-state index is 13.3. The normalized spacial score (nSPS) is 18.5. The van der Waals surface area contributed by atoms with E-state index < -0.39 is 15.9 Å². The van der Waals surface area contributed by atoms with Gasteiger partial charge in [-0.3, -0.25) is 14.5 Å². The number of nitrogens with zero attached hydrogens (tertiary/aromatic N) is 4. The van der Waals surface area contributed by atoms with Crippen molar-refractivity contribution >= 4 is 32.5 Å². The van der Waals surface area contributed by atoms with Crippen molar-refractivity contribution in [2.45, 2.75) is 48.3 Å². The highest BCUT2D eigenvalue weighted by Gasteiger charge is 2.38. The number of anilines is 1. The Hall–Kier alpha value is -2.85. The van der Waals surface area contributed by atoms with E-state index in [0.717, 1.165) is 12.8 Å². The molecule has 1 atom stereocenters. The molecule has 10 heteroatoms. The van der Waals surface area contributed by atoms with Crippen molar-refractivity contribution in [1.82, 2.24) is 19.7 Å². The fraction of sp³-hybridized carbons (Fsp3) is 0.455. The van der Waals surface area contributed by atoms with Crippen LogP contribution in [0.1, 0.15) is 38.1 Å². The van der Waals surface area contributed by atoms with Crippen molar-refractivity contribution in [3.8, 4) is 0 Å². The SMILES string of the molecule is O=C(Nc1cnccn1)[C@@H](CC1CCOCC1)n1ncc2c(S(=O)(=O)C3CC3)cccc21. The van der Waals surface area contributed by atoms with Crippen LogP contribution >= 0.6 is 0 Å². The lowest BCUT2D eigenvalue weighted by Gasteiger charge is -2.26. The molecule has 0 spiro atoms. The lowest BCUT2D eigenvalue weighted by Crippen LogP contribution is -2.30. The van der Waals surface area contributed by atoms with Gasteiger partial charge in [0.15, 0.2) is 15.7 Å². The summed E-state index contributed by atoms with van der Waals surface area (Å²) in [5, 5.41) is 7.58. The average molecular weight is 456 g/mol. The van der Waals surface area contributed by atoms with Crippen LogP contribution in [0, 0.1) is 5.92 Å². The third-order valence-electron chi connectivity index (χ3n) is 6.18. The van der Waals surface area contributed by atoms with E-state index in [-0.39, 0.29) is 11.2 Å². The van der Waals surface area contributed by atoms with Gasteiger partial charge in [-0.15, -0.1) is 0 Å². The molecule has 2 fully saturated rings. The lowest BCUT2D eigenvalue weighted by atomic mass is 9.92. The predicted octanol–water partition coefficient (Wildman–Crippen LogP) is 2.76. The van der Waals surface area contributed by atoms with E-state index >= 15 is 0 Å². The van der Waals surface area contributed by atoms with E-state index in [1.54, 1.807) is 23.0 Å². The van der Waals surface area contributed by atoms with Crippen LogP contribution in [-0.4, -0.2) is 52.5 Å². The van der Waals surface area contributed by atoms with E-state index in [4.69, 9.17) is 4.74 Å². The summed E-state index contributed by atoms with van der Waals surface area (Å²) in [6.07, 6.45) is 9.82. The van der Waals surface area contributed by atoms with Crippen LogP contribution in [0.3, 0.4) is 0 Å². The number of hydrogen-bond donors (Lipinski definition) is 1. The van der Waals surface area contributed by atoms with Gasteiger partial charge in [0.2, 0.25) is 5.91 Å². The molecule has 168 valence electrons. The molecule has 0 unspecified atom stereocenters. The second kappa shape index (κ2) is 8.59. The fourth-order valence-electron chi connectivity index (χ4n) is 4.29. The van der Waals surface area contributed by atoms with E-state index in [0.29, 0.717) is 60.0 Å². The van der Waals surface area contributed by atoms with Crippen LogP contribution in [-0.2, 0) is 19.4 Å². The summed E-state index contributed by atoms with van der Waals surface area (Å²) in [6.45, 7) is 1.35. The molecule has 0 radical (unpaired) electrons. The molecule has 1 amide bonds. The summed E-state index contributed by atoms with van der Waals surface area (Å²) in [6, 6.07) is 4.56. The summed E-state index contributed by atoms with van der Waals surface area (Å²) in [5.74, 6) is 0.416. The van der Waals surface area contributed by atoms with E-state index in [1.165, 1.54) is 18.6 Å². The molecular formula is C22H25N5O4S. The summed E-state index contributed by atoms with van der Waals surface area (Å²) in [5.41, 5.74) is 0.637. The van der Waals surface area contributed by atoms with Crippen LogP contribution < -0.4 is 5.32 Å². The number of ether oxygens (including phenoxy) is 1. The summed E-state index contributed by atoms with van der Waals surface area (Å²) < 4.78 is 33.0. The van der Waals surface area contributed by atoms with Crippen LogP contribution in [0.4, 0.5) is 5.82 Å². The Labute approximate surface area is 186 Å². The average Bonchev–Trinajstić information content (AvgIpc) is 3.59. The summed E-state index contributed by atoms with van der Waals surface area (Å²) in [4.78, 5) is 21.8. The highest BCUT2D eigenvalue weighted by molar-refractivity contribution is 7.92. The third-order valence-corrected chi connectivity index (χ3v) is 8.50. The number of hydrogen-bond acceptors (Lipinski definition) is 7.